The summed E-state index contributed by atoms with van der Waals surface area (Å²) in [5, 5.41) is 6.30. The summed E-state index contributed by atoms with van der Waals surface area (Å²) >= 11 is 0. The Morgan fingerprint density at radius 3 is 2.28 bits per heavy atom. The van der Waals surface area contributed by atoms with E-state index in [1.54, 1.807) is 0 Å². The number of carbonyl (C=O) groups excluding carboxylic acids is 1. The largest absolute Gasteiger partial charge is 0.350 e. The molecule has 0 bridgehead atoms. The van der Waals surface area contributed by atoms with Gasteiger partial charge >= 0.3 is 0 Å². The molecule has 1 aromatic carbocycles. The van der Waals surface area contributed by atoms with Crippen LogP contribution in [0.15, 0.2) is 24.3 Å². The van der Waals surface area contributed by atoms with Crippen molar-refractivity contribution in [1.29, 1.82) is 0 Å². The van der Waals surface area contributed by atoms with E-state index in [-0.39, 0.29) is 11.4 Å². The van der Waals surface area contributed by atoms with Crippen LogP contribution in [0.25, 0.3) is 0 Å². The first-order chi connectivity index (χ1) is 8.44. The van der Waals surface area contributed by atoms with Crippen LogP contribution in [0.4, 0.5) is 0 Å². The van der Waals surface area contributed by atoms with Gasteiger partial charge in [0, 0.05) is 11.6 Å². The lowest BCUT2D eigenvalue weighted by Gasteiger charge is -2.21. The SMILES string of the molecule is CC(C)(C)NC(=O)CNC1Cc2ccccc2C1. The van der Waals surface area contributed by atoms with Crippen LogP contribution in [0.5, 0.6) is 0 Å². The molecule has 0 unspecified atom stereocenters. The summed E-state index contributed by atoms with van der Waals surface area (Å²) in [5.74, 6) is 0.0680. The summed E-state index contributed by atoms with van der Waals surface area (Å²) in [7, 11) is 0. The first kappa shape index (κ1) is 13.1. The Labute approximate surface area is 109 Å². The van der Waals surface area contributed by atoms with Gasteiger partial charge in [0.25, 0.3) is 0 Å². The predicted molar refractivity (Wildman–Crippen MR) is 73.5 cm³/mol. The molecular weight excluding hydrogens is 224 g/mol. The van der Waals surface area contributed by atoms with Crippen LogP contribution in [0.1, 0.15) is 31.9 Å². The monoisotopic (exact) mass is 246 g/mol. The number of benzene rings is 1. The molecule has 1 aliphatic rings. The molecule has 3 heteroatoms. The third-order valence-electron chi connectivity index (χ3n) is 3.12. The number of amides is 1. The second-order valence-electron chi connectivity index (χ2n) is 6.05. The second kappa shape index (κ2) is 5.11. The van der Waals surface area contributed by atoms with Gasteiger partial charge in [0.05, 0.1) is 6.54 Å². The van der Waals surface area contributed by atoms with Crippen molar-refractivity contribution in [2.24, 2.45) is 0 Å². The Kier molecular flexibility index (Phi) is 3.71. The maximum Gasteiger partial charge on any atom is 0.234 e. The van der Waals surface area contributed by atoms with Gasteiger partial charge in [-0.15, -0.1) is 0 Å². The lowest BCUT2D eigenvalue weighted by Crippen LogP contribution is -2.46. The molecule has 0 heterocycles. The van der Waals surface area contributed by atoms with Crippen molar-refractivity contribution in [2.75, 3.05) is 6.54 Å². The molecule has 98 valence electrons. The minimum Gasteiger partial charge on any atom is -0.350 e. The van der Waals surface area contributed by atoms with Gasteiger partial charge in [0.1, 0.15) is 0 Å². The highest BCUT2D eigenvalue weighted by Crippen LogP contribution is 2.21. The first-order valence-electron chi connectivity index (χ1n) is 6.55. The van der Waals surface area contributed by atoms with Gasteiger partial charge in [0.2, 0.25) is 5.91 Å². The molecule has 0 saturated heterocycles. The van der Waals surface area contributed by atoms with E-state index in [2.05, 4.69) is 34.9 Å². The number of hydrogen-bond acceptors (Lipinski definition) is 2. The molecule has 1 aliphatic carbocycles. The molecule has 2 rings (SSSR count). The normalized spacial score (nSPS) is 15.5. The summed E-state index contributed by atoms with van der Waals surface area (Å²) in [5.41, 5.74) is 2.66. The molecule has 1 aromatic rings. The average molecular weight is 246 g/mol. The van der Waals surface area contributed by atoms with Crippen molar-refractivity contribution in [3.8, 4) is 0 Å². The van der Waals surface area contributed by atoms with Gasteiger partial charge in [-0.25, -0.2) is 0 Å². The molecule has 0 aromatic heterocycles. The molecular formula is C15H22N2O. The molecule has 0 spiro atoms. The fraction of sp³-hybridized carbons (Fsp3) is 0.533. The first-order valence-corrected chi connectivity index (χ1v) is 6.55. The fourth-order valence-corrected chi connectivity index (χ4v) is 2.40. The molecule has 0 saturated carbocycles. The van der Waals surface area contributed by atoms with Gasteiger partial charge < -0.3 is 10.6 Å². The molecule has 0 aliphatic heterocycles. The third kappa shape index (κ3) is 3.57. The van der Waals surface area contributed by atoms with E-state index in [4.69, 9.17) is 0 Å². The lowest BCUT2D eigenvalue weighted by atomic mass is 10.1. The second-order valence-corrected chi connectivity index (χ2v) is 6.05. The van der Waals surface area contributed by atoms with Crippen LogP contribution in [0.3, 0.4) is 0 Å². The van der Waals surface area contributed by atoms with Gasteiger partial charge in [-0.05, 0) is 44.7 Å². The maximum absolute atomic E-state index is 11.7. The van der Waals surface area contributed by atoms with Crippen molar-refractivity contribution < 1.29 is 4.79 Å². The number of fused-ring (bicyclic) bond motifs is 1. The van der Waals surface area contributed by atoms with E-state index < -0.39 is 0 Å². The van der Waals surface area contributed by atoms with E-state index >= 15 is 0 Å². The number of nitrogens with one attached hydrogen (secondary N) is 2. The molecule has 18 heavy (non-hydrogen) atoms. The van der Waals surface area contributed by atoms with Gasteiger partial charge in [-0.3, -0.25) is 4.79 Å². The van der Waals surface area contributed by atoms with Crippen LogP contribution in [-0.4, -0.2) is 24.0 Å². The van der Waals surface area contributed by atoms with Crippen molar-refractivity contribution in [3.05, 3.63) is 35.4 Å². The predicted octanol–water partition coefficient (Wildman–Crippen LogP) is 1.66. The number of carbonyl (C=O) groups is 1. The van der Waals surface area contributed by atoms with Gasteiger partial charge in [-0.1, -0.05) is 24.3 Å². The molecule has 0 atom stereocenters. The van der Waals surface area contributed by atoms with Crippen LogP contribution in [-0.2, 0) is 17.6 Å². The summed E-state index contributed by atoms with van der Waals surface area (Å²) in [6.45, 7) is 6.39. The molecule has 3 nitrogen and oxygen atoms in total. The van der Waals surface area contributed by atoms with Gasteiger partial charge in [0.15, 0.2) is 0 Å². The van der Waals surface area contributed by atoms with E-state index in [1.807, 2.05) is 20.8 Å². The van der Waals surface area contributed by atoms with Crippen LogP contribution in [0, 0.1) is 0 Å². The van der Waals surface area contributed by atoms with Crippen LogP contribution >= 0.6 is 0 Å². The average Bonchev–Trinajstić information content (AvgIpc) is 2.66. The highest BCUT2D eigenvalue weighted by atomic mass is 16.2. The Hall–Kier alpha value is -1.35. The van der Waals surface area contributed by atoms with Crippen molar-refractivity contribution in [3.63, 3.8) is 0 Å². The van der Waals surface area contributed by atoms with Crippen LogP contribution in [0.2, 0.25) is 0 Å². The Bertz CT molecular complexity index is 409. The lowest BCUT2D eigenvalue weighted by molar-refractivity contribution is -0.121. The van der Waals surface area contributed by atoms with Crippen LogP contribution < -0.4 is 10.6 Å². The summed E-state index contributed by atoms with van der Waals surface area (Å²) in [4.78, 5) is 11.7. The van der Waals surface area contributed by atoms with E-state index in [9.17, 15) is 4.79 Å². The summed E-state index contributed by atoms with van der Waals surface area (Å²) in [6.07, 6.45) is 2.05. The van der Waals surface area contributed by atoms with E-state index in [1.165, 1.54) is 11.1 Å². The highest BCUT2D eigenvalue weighted by Gasteiger charge is 2.21. The summed E-state index contributed by atoms with van der Waals surface area (Å²) < 4.78 is 0. The molecule has 1 amide bonds. The zero-order chi connectivity index (χ0) is 13.2. The molecule has 0 radical (unpaired) electrons. The van der Waals surface area contributed by atoms with Crippen molar-refractivity contribution in [2.45, 2.75) is 45.2 Å². The van der Waals surface area contributed by atoms with Crippen molar-refractivity contribution >= 4 is 5.91 Å². The fourth-order valence-electron chi connectivity index (χ4n) is 2.40. The minimum absolute atomic E-state index is 0.0680. The van der Waals surface area contributed by atoms with E-state index in [0.29, 0.717) is 12.6 Å². The highest BCUT2D eigenvalue weighted by molar-refractivity contribution is 5.78. The minimum atomic E-state index is -0.155. The Morgan fingerprint density at radius 2 is 1.78 bits per heavy atom. The van der Waals surface area contributed by atoms with Gasteiger partial charge in [-0.2, -0.15) is 0 Å². The van der Waals surface area contributed by atoms with Crippen molar-refractivity contribution in [1.82, 2.24) is 10.6 Å². The van der Waals surface area contributed by atoms with E-state index in [0.717, 1.165) is 12.8 Å². The smallest absolute Gasteiger partial charge is 0.234 e. The number of hydrogen-bond donors (Lipinski definition) is 2. The zero-order valence-electron chi connectivity index (χ0n) is 11.4. The third-order valence-corrected chi connectivity index (χ3v) is 3.12. The Balaban J connectivity index is 1.79. The molecule has 2 N–H and O–H groups in total. The standard InChI is InChI=1S/C15H22N2O/c1-15(2,3)17-14(18)10-16-13-8-11-6-4-5-7-12(11)9-13/h4-7,13,16H,8-10H2,1-3H3,(H,17,18). The topological polar surface area (TPSA) is 41.1 Å². The quantitative estimate of drug-likeness (QED) is 0.851. The Morgan fingerprint density at radius 1 is 1.22 bits per heavy atom. The molecule has 0 fully saturated rings. The zero-order valence-corrected chi connectivity index (χ0v) is 11.4. The maximum atomic E-state index is 11.7. The summed E-state index contributed by atoms with van der Waals surface area (Å²) in [6, 6.07) is 8.90. The number of rotatable bonds is 3.